The third-order valence-electron chi connectivity index (χ3n) is 4.36. The van der Waals surface area contributed by atoms with Gasteiger partial charge in [0, 0.05) is 6.08 Å². The van der Waals surface area contributed by atoms with Crippen molar-refractivity contribution in [2.24, 2.45) is 0 Å². The molecule has 0 atom stereocenters. The van der Waals surface area contributed by atoms with Crippen LogP contribution in [-0.4, -0.2) is 27.2 Å². The average molecular weight is 404 g/mol. The van der Waals surface area contributed by atoms with Crippen LogP contribution >= 0.6 is 0 Å². The molecular weight excluding hydrogens is 380 g/mol. The largest absolute Gasteiger partial charge is 0.493 e. The standard InChI is InChI=1S/C24H24N2O4/c1-28-21-16-18(17-22(29-2)24(21)30-3)14-15-23(27)25-26(19-10-6-4-7-11-19)20-12-8-5-9-13-20/h4-17H,1-3H3,(H,25,27)/b15-14+. The summed E-state index contributed by atoms with van der Waals surface area (Å²) in [6.45, 7) is 0. The minimum Gasteiger partial charge on any atom is -0.493 e. The highest BCUT2D eigenvalue weighted by Crippen LogP contribution is 2.38. The summed E-state index contributed by atoms with van der Waals surface area (Å²) in [5, 5.41) is 1.74. The van der Waals surface area contributed by atoms with Crippen LogP contribution in [0, 0.1) is 0 Å². The second kappa shape index (κ2) is 10.0. The number of carbonyl (C=O) groups is 1. The number of ether oxygens (including phenoxy) is 3. The molecule has 0 radical (unpaired) electrons. The number of anilines is 2. The molecule has 0 aliphatic heterocycles. The number of hydrazine groups is 1. The first kappa shape index (κ1) is 20.8. The molecule has 0 fully saturated rings. The van der Waals surface area contributed by atoms with Crippen molar-refractivity contribution in [3.63, 3.8) is 0 Å². The molecule has 0 aliphatic rings. The molecule has 30 heavy (non-hydrogen) atoms. The Bertz CT molecular complexity index is 940. The molecule has 154 valence electrons. The Morgan fingerprint density at radius 1 is 0.800 bits per heavy atom. The SMILES string of the molecule is COc1cc(/C=C/C(=O)NN(c2ccccc2)c2ccccc2)cc(OC)c1OC. The van der Waals surface area contributed by atoms with Gasteiger partial charge in [-0.3, -0.25) is 15.2 Å². The Kier molecular flexibility index (Phi) is 6.95. The van der Waals surface area contributed by atoms with Crippen LogP contribution in [0.2, 0.25) is 0 Å². The molecule has 0 saturated carbocycles. The van der Waals surface area contributed by atoms with E-state index in [0.29, 0.717) is 17.2 Å². The van der Waals surface area contributed by atoms with Gasteiger partial charge in [-0.25, -0.2) is 0 Å². The van der Waals surface area contributed by atoms with Crippen LogP contribution in [0.15, 0.2) is 78.9 Å². The minimum absolute atomic E-state index is 0.281. The third-order valence-corrected chi connectivity index (χ3v) is 4.36. The van der Waals surface area contributed by atoms with Gasteiger partial charge in [0.1, 0.15) is 0 Å². The molecule has 1 N–H and O–H groups in total. The van der Waals surface area contributed by atoms with Gasteiger partial charge in [-0.05, 0) is 48.0 Å². The number of methoxy groups -OCH3 is 3. The molecule has 0 saturated heterocycles. The van der Waals surface area contributed by atoms with Crippen molar-refractivity contribution in [2.75, 3.05) is 26.3 Å². The summed E-state index contributed by atoms with van der Waals surface area (Å²) in [5.74, 6) is 1.26. The number of hydrogen-bond acceptors (Lipinski definition) is 5. The molecule has 0 aromatic heterocycles. The molecule has 3 aromatic carbocycles. The van der Waals surface area contributed by atoms with E-state index >= 15 is 0 Å². The van der Waals surface area contributed by atoms with Crippen LogP contribution in [-0.2, 0) is 4.79 Å². The first-order valence-electron chi connectivity index (χ1n) is 9.35. The second-order valence-electron chi connectivity index (χ2n) is 6.27. The molecular formula is C24H24N2O4. The summed E-state index contributed by atoms with van der Waals surface area (Å²) >= 11 is 0. The van der Waals surface area contributed by atoms with Crippen LogP contribution in [0.4, 0.5) is 11.4 Å². The maximum absolute atomic E-state index is 12.7. The van der Waals surface area contributed by atoms with Crippen molar-refractivity contribution in [2.45, 2.75) is 0 Å². The third kappa shape index (κ3) is 4.91. The van der Waals surface area contributed by atoms with Gasteiger partial charge in [-0.15, -0.1) is 0 Å². The fourth-order valence-corrected chi connectivity index (χ4v) is 2.95. The molecule has 0 spiro atoms. The van der Waals surface area contributed by atoms with Gasteiger partial charge in [0.2, 0.25) is 5.75 Å². The fourth-order valence-electron chi connectivity index (χ4n) is 2.95. The lowest BCUT2D eigenvalue weighted by atomic mass is 10.1. The number of nitrogens with zero attached hydrogens (tertiary/aromatic N) is 1. The van der Waals surface area contributed by atoms with Gasteiger partial charge in [0.15, 0.2) is 11.5 Å². The van der Waals surface area contributed by atoms with Crippen LogP contribution < -0.4 is 24.6 Å². The molecule has 0 unspecified atom stereocenters. The topological polar surface area (TPSA) is 60.0 Å². The van der Waals surface area contributed by atoms with E-state index < -0.39 is 0 Å². The quantitative estimate of drug-likeness (QED) is 0.439. The molecule has 0 heterocycles. The van der Waals surface area contributed by atoms with Crippen molar-refractivity contribution >= 4 is 23.4 Å². The first-order chi connectivity index (χ1) is 14.7. The van der Waals surface area contributed by atoms with Crippen molar-refractivity contribution in [1.82, 2.24) is 5.43 Å². The highest BCUT2D eigenvalue weighted by atomic mass is 16.5. The van der Waals surface area contributed by atoms with Crippen molar-refractivity contribution < 1.29 is 19.0 Å². The van der Waals surface area contributed by atoms with Crippen molar-refractivity contribution in [3.8, 4) is 17.2 Å². The zero-order valence-corrected chi connectivity index (χ0v) is 17.2. The first-order valence-corrected chi connectivity index (χ1v) is 9.35. The number of carbonyl (C=O) groups excluding carboxylic acids is 1. The molecule has 0 aliphatic carbocycles. The van der Waals surface area contributed by atoms with E-state index in [9.17, 15) is 4.79 Å². The lowest BCUT2D eigenvalue weighted by Gasteiger charge is -2.24. The van der Waals surface area contributed by atoms with Crippen molar-refractivity contribution in [3.05, 3.63) is 84.4 Å². The summed E-state index contributed by atoms with van der Waals surface area (Å²) in [6, 6.07) is 22.8. The van der Waals surface area contributed by atoms with Crippen LogP contribution in [0.5, 0.6) is 17.2 Å². The molecule has 0 bridgehead atoms. The second-order valence-corrected chi connectivity index (χ2v) is 6.27. The predicted molar refractivity (Wildman–Crippen MR) is 118 cm³/mol. The zero-order chi connectivity index (χ0) is 21.3. The predicted octanol–water partition coefficient (Wildman–Crippen LogP) is 4.60. The van der Waals surface area contributed by atoms with Gasteiger partial charge in [-0.2, -0.15) is 0 Å². The number of para-hydroxylation sites is 2. The zero-order valence-electron chi connectivity index (χ0n) is 17.2. The van der Waals surface area contributed by atoms with E-state index in [2.05, 4.69) is 5.43 Å². The summed E-state index contributed by atoms with van der Waals surface area (Å²) in [4.78, 5) is 12.7. The van der Waals surface area contributed by atoms with E-state index in [0.717, 1.165) is 16.9 Å². The number of nitrogens with one attached hydrogen (secondary N) is 1. The molecule has 6 heteroatoms. The number of benzene rings is 3. The summed E-state index contributed by atoms with van der Waals surface area (Å²) in [6.07, 6.45) is 3.15. The average Bonchev–Trinajstić information content (AvgIpc) is 2.81. The van der Waals surface area contributed by atoms with Crippen LogP contribution in [0.1, 0.15) is 5.56 Å². The Hall–Kier alpha value is -3.93. The maximum Gasteiger partial charge on any atom is 0.262 e. The van der Waals surface area contributed by atoms with E-state index in [1.165, 1.54) is 6.08 Å². The lowest BCUT2D eigenvalue weighted by molar-refractivity contribution is -0.116. The minimum atomic E-state index is -0.281. The number of rotatable bonds is 8. The highest BCUT2D eigenvalue weighted by molar-refractivity contribution is 5.93. The molecule has 3 rings (SSSR count). The smallest absolute Gasteiger partial charge is 0.262 e. The van der Waals surface area contributed by atoms with Crippen LogP contribution in [0.3, 0.4) is 0 Å². The van der Waals surface area contributed by atoms with Crippen LogP contribution in [0.25, 0.3) is 6.08 Å². The van der Waals surface area contributed by atoms with Gasteiger partial charge in [-0.1, -0.05) is 36.4 Å². The van der Waals surface area contributed by atoms with Crippen molar-refractivity contribution in [1.29, 1.82) is 0 Å². The van der Waals surface area contributed by atoms with Gasteiger partial charge >= 0.3 is 0 Å². The van der Waals surface area contributed by atoms with Gasteiger partial charge in [0.05, 0.1) is 32.7 Å². The van der Waals surface area contributed by atoms with Gasteiger partial charge in [0.25, 0.3) is 5.91 Å². The highest BCUT2D eigenvalue weighted by Gasteiger charge is 2.13. The summed E-state index contributed by atoms with van der Waals surface area (Å²) in [7, 11) is 4.65. The summed E-state index contributed by atoms with van der Waals surface area (Å²) in [5.41, 5.74) is 5.35. The van der Waals surface area contributed by atoms with E-state index in [4.69, 9.17) is 14.2 Å². The molecule has 3 aromatic rings. The normalized spacial score (nSPS) is 10.5. The Morgan fingerprint density at radius 3 is 1.73 bits per heavy atom. The van der Waals surface area contributed by atoms with E-state index in [1.807, 2.05) is 60.7 Å². The summed E-state index contributed by atoms with van der Waals surface area (Å²) < 4.78 is 16.0. The Morgan fingerprint density at radius 2 is 1.30 bits per heavy atom. The Labute approximate surface area is 176 Å². The molecule has 1 amide bonds. The molecule has 6 nitrogen and oxygen atoms in total. The Balaban J connectivity index is 1.83. The number of amides is 1. The monoisotopic (exact) mass is 404 g/mol. The van der Waals surface area contributed by atoms with E-state index in [1.54, 1.807) is 44.5 Å². The van der Waals surface area contributed by atoms with E-state index in [-0.39, 0.29) is 5.91 Å². The lowest BCUT2D eigenvalue weighted by Crippen LogP contribution is -2.37. The maximum atomic E-state index is 12.7. The fraction of sp³-hybridized carbons (Fsp3) is 0.125. The van der Waals surface area contributed by atoms with Gasteiger partial charge < -0.3 is 14.2 Å². The number of hydrogen-bond donors (Lipinski definition) is 1.